The summed E-state index contributed by atoms with van der Waals surface area (Å²) >= 11 is 0. The van der Waals surface area contributed by atoms with Crippen LogP contribution < -0.4 is 5.32 Å². The Morgan fingerprint density at radius 3 is 2.38 bits per heavy atom. The second kappa shape index (κ2) is 6.74. The minimum absolute atomic E-state index is 0.00264. The van der Waals surface area contributed by atoms with Gasteiger partial charge in [-0.2, -0.15) is 0 Å². The highest BCUT2D eigenvalue weighted by Gasteiger charge is 2.39. The van der Waals surface area contributed by atoms with Gasteiger partial charge in [0, 0.05) is 6.04 Å². The van der Waals surface area contributed by atoms with E-state index in [9.17, 15) is 9.59 Å². The first kappa shape index (κ1) is 15.5. The topological polar surface area (TPSA) is 49.4 Å². The average Bonchev–Trinajstić information content (AvgIpc) is 2.51. The van der Waals surface area contributed by atoms with Crippen LogP contribution in [0.5, 0.6) is 0 Å². The van der Waals surface area contributed by atoms with Crippen molar-refractivity contribution in [2.75, 3.05) is 6.54 Å². The van der Waals surface area contributed by atoms with Gasteiger partial charge in [-0.05, 0) is 18.4 Å². The first-order valence-corrected chi connectivity index (χ1v) is 7.73. The molecule has 0 radical (unpaired) electrons. The summed E-state index contributed by atoms with van der Waals surface area (Å²) in [4.78, 5) is 26.5. The van der Waals surface area contributed by atoms with Crippen LogP contribution in [0.1, 0.15) is 45.2 Å². The monoisotopic (exact) mass is 288 g/mol. The molecule has 2 unspecified atom stereocenters. The Hall–Kier alpha value is -1.84. The van der Waals surface area contributed by atoms with Crippen LogP contribution >= 0.6 is 0 Å². The molecule has 0 saturated carbocycles. The lowest BCUT2D eigenvalue weighted by Gasteiger charge is -2.42. The summed E-state index contributed by atoms with van der Waals surface area (Å²) < 4.78 is 0. The number of nitrogens with one attached hydrogen (secondary N) is 1. The summed E-state index contributed by atoms with van der Waals surface area (Å²) in [5, 5.41) is 2.71. The Morgan fingerprint density at radius 2 is 1.81 bits per heavy atom. The van der Waals surface area contributed by atoms with Gasteiger partial charge in [-0.3, -0.25) is 9.59 Å². The van der Waals surface area contributed by atoms with Gasteiger partial charge in [0.1, 0.15) is 6.04 Å². The first-order valence-electron chi connectivity index (χ1n) is 7.73. The van der Waals surface area contributed by atoms with E-state index in [0.717, 1.165) is 18.4 Å². The van der Waals surface area contributed by atoms with E-state index in [1.54, 1.807) is 4.90 Å². The molecule has 1 heterocycles. The lowest BCUT2D eigenvalue weighted by molar-refractivity contribution is -0.149. The number of rotatable bonds is 5. The van der Waals surface area contributed by atoms with E-state index in [4.69, 9.17) is 0 Å². The molecule has 4 nitrogen and oxygen atoms in total. The highest BCUT2D eigenvalue weighted by atomic mass is 16.2. The minimum atomic E-state index is -0.511. The van der Waals surface area contributed by atoms with Crippen molar-refractivity contribution < 1.29 is 9.59 Å². The molecular weight excluding hydrogens is 264 g/mol. The van der Waals surface area contributed by atoms with Crippen molar-refractivity contribution in [2.45, 2.75) is 45.7 Å². The Bertz CT molecular complexity index is 497. The van der Waals surface area contributed by atoms with Crippen LogP contribution in [-0.2, 0) is 9.59 Å². The summed E-state index contributed by atoms with van der Waals surface area (Å²) in [6, 6.07) is 9.10. The molecule has 0 bridgehead atoms. The Kier molecular flexibility index (Phi) is 4.99. The van der Waals surface area contributed by atoms with Gasteiger partial charge in [-0.1, -0.05) is 57.0 Å². The third-order valence-electron chi connectivity index (χ3n) is 4.51. The predicted octanol–water partition coefficient (Wildman–Crippen LogP) is 2.51. The maximum atomic E-state index is 12.4. The van der Waals surface area contributed by atoms with Crippen LogP contribution in [-0.4, -0.2) is 29.3 Å². The van der Waals surface area contributed by atoms with Crippen LogP contribution in [0.2, 0.25) is 0 Å². The van der Waals surface area contributed by atoms with E-state index in [0.29, 0.717) is 5.92 Å². The quantitative estimate of drug-likeness (QED) is 0.905. The van der Waals surface area contributed by atoms with Crippen molar-refractivity contribution in [3.8, 4) is 0 Å². The third-order valence-corrected chi connectivity index (χ3v) is 4.51. The summed E-state index contributed by atoms with van der Waals surface area (Å²) in [7, 11) is 0. The summed E-state index contributed by atoms with van der Waals surface area (Å²) in [6.45, 7) is 6.43. The SMILES string of the molecule is CCC(CC)C(C)N1C(=O)CNC(=O)C1c1ccccc1. The first-order chi connectivity index (χ1) is 10.1. The smallest absolute Gasteiger partial charge is 0.247 e. The summed E-state index contributed by atoms with van der Waals surface area (Å²) in [5.74, 6) is 0.326. The fourth-order valence-corrected chi connectivity index (χ4v) is 3.23. The maximum Gasteiger partial charge on any atom is 0.247 e. The minimum Gasteiger partial charge on any atom is -0.345 e. The molecule has 2 amide bonds. The molecule has 1 saturated heterocycles. The summed E-state index contributed by atoms with van der Waals surface area (Å²) in [6.07, 6.45) is 2.01. The summed E-state index contributed by atoms with van der Waals surface area (Å²) in [5.41, 5.74) is 0.876. The number of hydrogen-bond acceptors (Lipinski definition) is 2. The third kappa shape index (κ3) is 3.09. The zero-order chi connectivity index (χ0) is 15.4. The molecule has 2 rings (SSSR count). The Morgan fingerprint density at radius 1 is 1.19 bits per heavy atom. The number of nitrogens with zero attached hydrogens (tertiary/aromatic N) is 1. The molecule has 2 atom stereocenters. The molecule has 21 heavy (non-hydrogen) atoms. The molecule has 0 aromatic heterocycles. The molecule has 1 aromatic rings. The van der Waals surface area contributed by atoms with E-state index in [2.05, 4.69) is 26.1 Å². The Labute approximate surface area is 126 Å². The highest BCUT2D eigenvalue weighted by Crippen LogP contribution is 2.30. The highest BCUT2D eigenvalue weighted by molar-refractivity contribution is 5.95. The lowest BCUT2D eigenvalue weighted by Crippen LogP contribution is -2.57. The van der Waals surface area contributed by atoms with Gasteiger partial charge in [0.25, 0.3) is 0 Å². The van der Waals surface area contributed by atoms with Crippen molar-refractivity contribution in [2.24, 2.45) is 5.92 Å². The van der Waals surface area contributed by atoms with Gasteiger partial charge < -0.3 is 10.2 Å². The molecule has 1 aliphatic heterocycles. The number of amides is 2. The van der Waals surface area contributed by atoms with Gasteiger partial charge in [-0.25, -0.2) is 0 Å². The van der Waals surface area contributed by atoms with Gasteiger partial charge >= 0.3 is 0 Å². The molecule has 1 N–H and O–H groups in total. The van der Waals surface area contributed by atoms with Crippen molar-refractivity contribution in [1.82, 2.24) is 10.2 Å². The van der Waals surface area contributed by atoms with Crippen LogP contribution in [0.15, 0.2) is 30.3 Å². The molecule has 114 valence electrons. The lowest BCUT2D eigenvalue weighted by atomic mass is 9.90. The molecule has 1 aliphatic rings. The van der Waals surface area contributed by atoms with Crippen LogP contribution in [0.25, 0.3) is 0 Å². The fraction of sp³-hybridized carbons (Fsp3) is 0.529. The van der Waals surface area contributed by atoms with Gasteiger partial charge in [0.05, 0.1) is 6.54 Å². The number of carbonyl (C=O) groups excluding carboxylic acids is 2. The fourth-order valence-electron chi connectivity index (χ4n) is 3.23. The van der Waals surface area contributed by atoms with Crippen LogP contribution in [0, 0.1) is 5.92 Å². The van der Waals surface area contributed by atoms with Crippen molar-refractivity contribution >= 4 is 11.8 Å². The van der Waals surface area contributed by atoms with Crippen LogP contribution in [0.4, 0.5) is 0 Å². The largest absolute Gasteiger partial charge is 0.345 e. The number of hydrogen-bond donors (Lipinski definition) is 1. The second-order valence-corrected chi connectivity index (χ2v) is 5.65. The van der Waals surface area contributed by atoms with Crippen molar-refractivity contribution in [1.29, 1.82) is 0 Å². The van der Waals surface area contributed by atoms with Gasteiger partial charge in [0.2, 0.25) is 11.8 Å². The van der Waals surface area contributed by atoms with Crippen molar-refractivity contribution in [3.05, 3.63) is 35.9 Å². The van der Waals surface area contributed by atoms with Crippen LogP contribution in [0.3, 0.4) is 0 Å². The number of benzene rings is 1. The Balaban J connectivity index is 2.37. The van der Waals surface area contributed by atoms with E-state index >= 15 is 0 Å². The molecule has 4 heteroatoms. The molecule has 1 aromatic carbocycles. The molecule has 0 spiro atoms. The maximum absolute atomic E-state index is 12.4. The zero-order valence-electron chi connectivity index (χ0n) is 13.0. The number of piperazine rings is 1. The predicted molar refractivity (Wildman–Crippen MR) is 82.6 cm³/mol. The standard InChI is InChI=1S/C17H24N2O2/c1-4-13(5-2)12(3)19-15(20)11-18-17(21)16(19)14-9-7-6-8-10-14/h6-10,12-13,16H,4-5,11H2,1-3H3,(H,18,21). The van der Waals surface area contributed by atoms with E-state index < -0.39 is 6.04 Å². The van der Waals surface area contributed by atoms with Gasteiger partial charge in [-0.15, -0.1) is 0 Å². The average molecular weight is 288 g/mol. The van der Waals surface area contributed by atoms with E-state index in [1.807, 2.05) is 30.3 Å². The second-order valence-electron chi connectivity index (χ2n) is 5.65. The van der Waals surface area contributed by atoms with Crippen molar-refractivity contribution in [3.63, 3.8) is 0 Å². The van der Waals surface area contributed by atoms with Gasteiger partial charge in [0.15, 0.2) is 0 Å². The molecular formula is C17H24N2O2. The normalized spacial score (nSPS) is 20.6. The van der Waals surface area contributed by atoms with E-state index in [-0.39, 0.29) is 24.4 Å². The molecule has 1 fully saturated rings. The molecule has 0 aliphatic carbocycles. The zero-order valence-corrected chi connectivity index (χ0v) is 13.0. The number of carbonyl (C=O) groups is 2. The van der Waals surface area contributed by atoms with E-state index in [1.165, 1.54) is 0 Å².